The summed E-state index contributed by atoms with van der Waals surface area (Å²) in [6, 6.07) is 14.9. The lowest BCUT2D eigenvalue weighted by molar-refractivity contribution is -0.111. The van der Waals surface area contributed by atoms with E-state index < -0.39 is 0 Å². The van der Waals surface area contributed by atoms with Crippen molar-refractivity contribution < 1.29 is 14.3 Å². The molecule has 1 aliphatic rings. The van der Waals surface area contributed by atoms with Crippen LogP contribution in [0.2, 0.25) is 5.02 Å². The van der Waals surface area contributed by atoms with Gasteiger partial charge in [-0.2, -0.15) is 5.10 Å². The van der Waals surface area contributed by atoms with Gasteiger partial charge < -0.3 is 14.8 Å². The Morgan fingerprint density at radius 3 is 2.83 bits per heavy atom. The molecule has 0 saturated heterocycles. The molecular weight excluding hydrogens is 390 g/mol. The standard InChI is InChI=1S/C22H20ClN3O3/c23-18-5-2-1-4-17(18)15-26-21(10-11-24-26)25-22(27)9-7-16-6-8-19-20(14-16)29-13-3-12-28-19/h1-2,4-11,14H,3,12-13,15H2,(H,25,27)/b9-7+. The van der Waals surface area contributed by atoms with Crippen LogP contribution >= 0.6 is 11.6 Å². The minimum Gasteiger partial charge on any atom is -0.490 e. The average Bonchev–Trinajstić information content (AvgIpc) is 3.01. The largest absolute Gasteiger partial charge is 0.490 e. The molecular formula is C22H20ClN3O3. The summed E-state index contributed by atoms with van der Waals surface area (Å²) in [5.74, 6) is 1.77. The van der Waals surface area contributed by atoms with E-state index in [1.54, 1.807) is 23.0 Å². The highest BCUT2D eigenvalue weighted by atomic mass is 35.5. The number of anilines is 1. The molecule has 0 aliphatic carbocycles. The van der Waals surface area contributed by atoms with E-state index in [4.69, 9.17) is 21.1 Å². The summed E-state index contributed by atoms with van der Waals surface area (Å²) < 4.78 is 13.0. The maximum atomic E-state index is 12.4. The van der Waals surface area contributed by atoms with Gasteiger partial charge in [-0.15, -0.1) is 0 Å². The summed E-state index contributed by atoms with van der Waals surface area (Å²) in [6.07, 6.45) is 5.70. The molecule has 0 saturated carbocycles. The number of nitrogens with zero attached hydrogens (tertiary/aromatic N) is 2. The average molecular weight is 410 g/mol. The van der Waals surface area contributed by atoms with Gasteiger partial charge in [0.2, 0.25) is 5.91 Å². The van der Waals surface area contributed by atoms with Crippen LogP contribution in [0.5, 0.6) is 11.5 Å². The first-order valence-electron chi connectivity index (χ1n) is 9.33. The van der Waals surface area contributed by atoms with Gasteiger partial charge in [-0.05, 0) is 35.4 Å². The Kier molecular flexibility index (Phi) is 5.81. The van der Waals surface area contributed by atoms with Crippen LogP contribution in [0, 0.1) is 0 Å². The lowest BCUT2D eigenvalue weighted by Gasteiger charge is -2.09. The third kappa shape index (κ3) is 4.78. The molecule has 29 heavy (non-hydrogen) atoms. The zero-order valence-electron chi connectivity index (χ0n) is 15.7. The Hall–Kier alpha value is -3.25. The number of hydrogen-bond acceptors (Lipinski definition) is 4. The second kappa shape index (κ2) is 8.84. The molecule has 0 unspecified atom stereocenters. The Balaban J connectivity index is 1.42. The van der Waals surface area contributed by atoms with Crippen molar-refractivity contribution in [1.29, 1.82) is 0 Å². The maximum Gasteiger partial charge on any atom is 0.249 e. The number of halogens is 1. The number of carbonyl (C=O) groups is 1. The third-order valence-electron chi connectivity index (χ3n) is 4.44. The third-order valence-corrected chi connectivity index (χ3v) is 4.81. The predicted molar refractivity (Wildman–Crippen MR) is 112 cm³/mol. The van der Waals surface area contributed by atoms with Crippen LogP contribution in [0.4, 0.5) is 5.82 Å². The predicted octanol–water partition coefficient (Wildman–Crippen LogP) is 4.40. The molecule has 0 spiro atoms. The van der Waals surface area contributed by atoms with Gasteiger partial charge in [0.25, 0.3) is 0 Å². The normalized spacial score (nSPS) is 13.3. The molecule has 0 fully saturated rings. The molecule has 148 valence electrons. The van der Waals surface area contributed by atoms with Gasteiger partial charge in [0.05, 0.1) is 26.0 Å². The van der Waals surface area contributed by atoms with Crippen molar-refractivity contribution in [2.75, 3.05) is 18.5 Å². The van der Waals surface area contributed by atoms with E-state index in [0.717, 1.165) is 23.3 Å². The van der Waals surface area contributed by atoms with E-state index >= 15 is 0 Å². The van der Waals surface area contributed by atoms with Gasteiger partial charge in [-0.3, -0.25) is 4.79 Å². The molecule has 1 amide bonds. The minimum atomic E-state index is -0.252. The quantitative estimate of drug-likeness (QED) is 0.634. The topological polar surface area (TPSA) is 65.4 Å². The number of nitrogens with one attached hydrogen (secondary N) is 1. The van der Waals surface area contributed by atoms with Crippen LogP contribution in [0.1, 0.15) is 17.5 Å². The second-order valence-corrected chi connectivity index (χ2v) is 6.95. The number of aromatic nitrogens is 2. The fourth-order valence-corrected chi connectivity index (χ4v) is 3.17. The lowest BCUT2D eigenvalue weighted by atomic mass is 10.2. The van der Waals surface area contributed by atoms with Gasteiger partial charge in [-0.25, -0.2) is 4.68 Å². The molecule has 0 bridgehead atoms. The SMILES string of the molecule is O=C(/C=C/c1ccc2c(c1)OCCCO2)Nc1ccnn1Cc1ccccc1Cl. The van der Waals surface area contributed by atoms with Crippen LogP contribution < -0.4 is 14.8 Å². The zero-order chi connectivity index (χ0) is 20.1. The van der Waals surface area contributed by atoms with Gasteiger partial charge in [-0.1, -0.05) is 35.9 Å². The fourth-order valence-electron chi connectivity index (χ4n) is 2.98. The van der Waals surface area contributed by atoms with Crippen molar-refractivity contribution >= 4 is 29.4 Å². The van der Waals surface area contributed by atoms with Crippen molar-refractivity contribution in [2.45, 2.75) is 13.0 Å². The summed E-state index contributed by atoms with van der Waals surface area (Å²) in [5.41, 5.74) is 1.78. The minimum absolute atomic E-state index is 0.252. The number of carbonyl (C=O) groups excluding carboxylic acids is 1. The van der Waals surface area contributed by atoms with E-state index in [1.807, 2.05) is 42.5 Å². The van der Waals surface area contributed by atoms with Crippen molar-refractivity contribution in [2.24, 2.45) is 0 Å². The van der Waals surface area contributed by atoms with Gasteiger partial charge in [0, 0.05) is 23.6 Å². The molecule has 2 aromatic carbocycles. The van der Waals surface area contributed by atoms with E-state index in [-0.39, 0.29) is 5.91 Å². The molecule has 2 heterocycles. The number of amides is 1. The van der Waals surface area contributed by atoms with Crippen LogP contribution in [0.3, 0.4) is 0 Å². The van der Waals surface area contributed by atoms with Crippen LogP contribution in [-0.4, -0.2) is 28.9 Å². The Bertz CT molecular complexity index is 1050. The van der Waals surface area contributed by atoms with E-state index in [1.165, 1.54) is 6.08 Å². The molecule has 1 N–H and O–H groups in total. The highest BCUT2D eigenvalue weighted by Gasteiger charge is 2.10. The highest BCUT2D eigenvalue weighted by molar-refractivity contribution is 6.31. The molecule has 7 heteroatoms. The Morgan fingerprint density at radius 2 is 1.97 bits per heavy atom. The molecule has 0 radical (unpaired) electrons. The van der Waals surface area contributed by atoms with Gasteiger partial charge in [0.15, 0.2) is 11.5 Å². The monoisotopic (exact) mass is 409 g/mol. The van der Waals surface area contributed by atoms with E-state index in [0.29, 0.717) is 36.3 Å². The summed E-state index contributed by atoms with van der Waals surface area (Å²) in [6.45, 7) is 1.73. The summed E-state index contributed by atoms with van der Waals surface area (Å²) >= 11 is 6.22. The smallest absolute Gasteiger partial charge is 0.249 e. The van der Waals surface area contributed by atoms with Gasteiger partial charge in [0.1, 0.15) is 5.82 Å². The molecule has 4 rings (SSSR count). The Labute approximate surface area is 173 Å². The maximum absolute atomic E-state index is 12.4. The Morgan fingerprint density at radius 1 is 1.14 bits per heavy atom. The summed E-state index contributed by atoms with van der Waals surface area (Å²) in [7, 11) is 0. The molecule has 3 aromatic rings. The highest BCUT2D eigenvalue weighted by Crippen LogP contribution is 2.30. The second-order valence-electron chi connectivity index (χ2n) is 6.54. The van der Waals surface area contributed by atoms with E-state index in [2.05, 4.69) is 10.4 Å². The first-order chi connectivity index (χ1) is 14.2. The van der Waals surface area contributed by atoms with Crippen molar-refractivity contribution in [3.8, 4) is 11.5 Å². The summed E-state index contributed by atoms with van der Waals surface area (Å²) in [5, 5.41) is 7.78. The lowest BCUT2D eigenvalue weighted by Crippen LogP contribution is -2.13. The first kappa shape index (κ1) is 19.1. The fraction of sp³-hybridized carbons (Fsp3) is 0.182. The van der Waals surface area contributed by atoms with Crippen molar-refractivity contribution in [3.05, 3.63) is 77.0 Å². The van der Waals surface area contributed by atoms with E-state index in [9.17, 15) is 4.79 Å². The van der Waals surface area contributed by atoms with Crippen LogP contribution in [0.15, 0.2) is 60.8 Å². The summed E-state index contributed by atoms with van der Waals surface area (Å²) in [4.78, 5) is 12.4. The zero-order valence-corrected chi connectivity index (χ0v) is 16.4. The molecule has 0 atom stereocenters. The van der Waals surface area contributed by atoms with Crippen LogP contribution in [0.25, 0.3) is 6.08 Å². The number of fused-ring (bicyclic) bond motifs is 1. The molecule has 1 aliphatic heterocycles. The van der Waals surface area contributed by atoms with Crippen LogP contribution in [-0.2, 0) is 11.3 Å². The number of benzene rings is 2. The van der Waals surface area contributed by atoms with Crippen molar-refractivity contribution in [1.82, 2.24) is 9.78 Å². The molecule has 1 aromatic heterocycles. The van der Waals surface area contributed by atoms with Crippen molar-refractivity contribution in [3.63, 3.8) is 0 Å². The number of rotatable bonds is 5. The number of hydrogen-bond donors (Lipinski definition) is 1. The first-order valence-corrected chi connectivity index (χ1v) is 9.71. The number of ether oxygens (including phenoxy) is 2. The van der Waals surface area contributed by atoms with Gasteiger partial charge >= 0.3 is 0 Å². The molecule has 6 nitrogen and oxygen atoms in total.